The summed E-state index contributed by atoms with van der Waals surface area (Å²) in [6.45, 7) is 6.20. The lowest BCUT2D eigenvalue weighted by Gasteiger charge is -2.12. The number of hydrogen-bond donors (Lipinski definition) is 1. The lowest BCUT2D eigenvalue weighted by atomic mass is 10.0. The van der Waals surface area contributed by atoms with Gasteiger partial charge in [0.05, 0.1) is 0 Å². The molecule has 1 amide bonds. The first kappa shape index (κ1) is 10.5. The van der Waals surface area contributed by atoms with Crippen LogP contribution in [0.3, 0.4) is 0 Å². The van der Waals surface area contributed by atoms with E-state index in [1.165, 1.54) is 6.92 Å². The molecule has 1 N–H and O–H groups in total. The van der Waals surface area contributed by atoms with Crippen molar-refractivity contribution in [2.75, 3.05) is 6.54 Å². The minimum atomic E-state index is 0.0290. The molecule has 0 spiro atoms. The summed E-state index contributed by atoms with van der Waals surface area (Å²) in [6, 6.07) is 0. The van der Waals surface area contributed by atoms with E-state index in [1.54, 1.807) is 0 Å². The Hall–Kier alpha value is -0.530. The molecule has 0 aromatic carbocycles. The van der Waals surface area contributed by atoms with Crippen LogP contribution in [0.1, 0.15) is 20.8 Å². The molecule has 0 rings (SSSR count). The van der Waals surface area contributed by atoms with Gasteiger partial charge in [0.1, 0.15) is 0 Å². The Morgan fingerprint density at radius 3 is 2.55 bits per heavy atom. The smallest absolute Gasteiger partial charge is 0.216 e. The van der Waals surface area contributed by atoms with Gasteiger partial charge in [-0.3, -0.25) is 4.79 Å². The second-order valence-corrected chi connectivity index (χ2v) is 2.46. The third-order valence-corrected chi connectivity index (χ3v) is 1.45. The third kappa shape index (κ3) is 5.89. The van der Waals surface area contributed by atoms with Crippen LogP contribution in [0.5, 0.6) is 0 Å². The van der Waals surface area contributed by atoms with Gasteiger partial charge in [-0.1, -0.05) is 13.8 Å². The molecule has 0 saturated heterocycles. The van der Waals surface area contributed by atoms with Crippen LogP contribution in [0.2, 0.25) is 0 Å². The van der Waals surface area contributed by atoms with Crippen molar-refractivity contribution in [3.8, 4) is 0 Å². The molecular formula is C9H16NO. The lowest BCUT2D eigenvalue weighted by Crippen LogP contribution is -2.27. The molecule has 0 aliphatic heterocycles. The van der Waals surface area contributed by atoms with E-state index in [2.05, 4.69) is 18.2 Å². The standard InChI is InChI=1S/C9H16NO/c1-4-6-9(5-2)7-10-8(3)11/h4-6,9H,7H2,1-3H3,(H,10,11). The molecule has 3 radical (unpaired) electrons. The van der Waals surface area contributed by atoms with E-state index in [-0.39, 0.29) is 5.91 Å². The Bertz CT molecular complexity index is 112. The Morgan fingerprint density at radius 2 is 2.18 bits per heavy atom. The molecule has 0 aliphatic carbocycles. The fraction of sp³-hybridized carbons (Fsp3) is 0.556. The lowest BCUT2D eigenvalue weighted by molar-refractivity contribution is -0.119. The highest BCUT2D eigenvalue weighted by Crippen LogP contribution is 2.05. The first-order chi connectivity index (χ1) is 5.20. The molecule has 0 aliphatic rings. The van der Waals surface area contributed by atoms with Gasteiger partial charge in [-0.15, -0.1) is 0 Å². The molecule has 2 heteroatoms. The predicted octanol–water partition coefficient (Wildman–Crippen LogP) is 1.39. The molecule has 2 nitrogen and oxygen atoms in total. The first-order valence-corrected chi connectivity index (χ1v) is 3.87. The van der Waals surface area contributed by atoms with Gasteiger partial charge in [0.15, 0.2) is 0 Å². The van der Waals surface area contributed by atoms with Crippen LogP contribution in [0.25, 0.3) is 0 Å². The Kier molecular flexibility index (Phi) is 5.90. The zero-order valence-electron chi connectivity index (χ0n) is 7.42. The van der Waals surface area contributed by atoms with Crippen LogP contribution in [-0.4, -0.2) is 12.5 Å². The van der Waals surface area contributed by atoms with Crippen LogP contribution in [0.4, 0.5) is 0 Å². The summed E-state index contributed by atoms with van der Waals surface area (Å²) in [5, 5.41) is 2.76. The minimum Gasteiger partial charge on any atom is -0.356 e. The zero-order chi connectivity index (χ0) is 8.69. The van der Waals surface area contributed by atoms with Gasteiger partial charge in [-0.25, -0.2) is 0 Å². The van der Waals surface area contributed by atoms with Gasteiger partial charge >= 0.3 is 0 Å². The Labute approximate surface area is 69.4 Å². The van der Waals surface area contributed by atoms with Gasteiger partial charge < -0.3 is 5.32 Å². The average molecular weight is 154 g/mol. The average Bonchev–Trinajstić information content (AvgIpc) is 1.97. The second-order valence-electron chi connectivity index (χ2n) is 2.46. The summed E-state index contributed by atoms with van der Waals surface area (Å²) in [5.41, 5.74) is 0. The molecule has 0 aromatic rings. The summed E-state index contributed by atoms with van der Waals surface area (Å²) in [7, 11) is 0. The summed E-state index contributed by atoms with van der Waals surface area (Å²) in [5.74, 6) is 0.394. The molecule has 0 fully saturated rings. The molecule has 11 heavy (non-hydrogen) atoms. The van der Waals surface area contributed by atoms with E-state index >= 15 is 0 Å². The number of rotatable bonds is 5. The van der Waals surface area contributed by atoms with E-state index in [9.17, 15) is 4.79 Å². The van der Waals surface area contributed by atoms with Gasteiger partial charge in [0.2, 0.25) is 5.91 Å². The predicted molar refractivity (Wildman–Crippen MR) is 46.4 cm³/mol. The quantitative estimate of drug-likeness (QED) is 0.637. The van der Waals surface area contributed by atoms with Gasteiger partial charge in [-0.05, 0) is 25.2 Å². The maximum atomic E-state index is 10.5. The largest absolute Gasteiger partial charge is 0.356 e. The van der Waals surface area contributed by atoms with Crippen molar-refractivity contribution in [2.45, 2.75) is 20.8 Å². The number of hydrogen-bond acceptors (Lipinski definition) is 1. The van der Waals surface area contributed by atoms with E-state index in [1.807, 2.05) is 20.3 Å². The van der Waals surface area contributed by atoms with E-state index in [0.717, 1.165) is 0 Å². The van der Waals surface area contributed by atoms with Crippen molar-refractivity contribution in [1.82, 2.24) is 5.32 Å². The highest BCUT2D eigenvalue weighted by molar-refractivity contribution is 5.72. The van der Waals surface area contributed by atoms with E-state index < -0.39 is 0 Å². The monoisotopic (exact) mass is 154 g/mol. The number of nitrogens with one attached hydrogen (secondary N) is 1. The first-order valence-electron chi connectivity index (χ1n) is 3.87. The molecule has 63 valence electrons. The van der Waals surface area contributed by atoms with Crippen LogP contribution < -0.4 is 5.32 Å². The van der Waals surface area contributed by atoms with Crippen molar-refractivity contribution < 1.29 is 4.79 Å². The van der Waals surface area contributed by atoms with Crippen molar-refractivity contribution in [3.63, 3.8) is 0 Å². The number of carbonyl (C=O) groups excluding carboxylic acids is 1. The van der Waals surface area contributed by atoms with E-state index in [0.29, 0.717) is 12.5 Å². The Balaban J connectivity index is 3.43. The summed E-state index contributed by atoms with van der Waals surface area (Å²) < 4.78 is 0. The van der Waals surface area contributed by atoms with Crippen molar-refractivity contribution in [1.29, 1.82) is 0 Å². The van der Waals surface area contributed by atoms with E-state index in [4.69, 9.17) is 0 Å². The fourth-order valence-corrected chi connectivity index (χ4v) is 0.806. The van der Waals surface area contributed by atoms with Crippen molar-refractivity contribution in [2.24, 2.45) is 5.92 Å². The van der Waals surface area contributed by atoms with Crippen molar-refractivity contribution >= 4 is 5.91 Å². The van der Waals surface area contributed by atoms with Crippen LogP contribution in [0, 0.1) is 25.2 Å². The number of carbonyl (C=O) groups is 1. The second kappa shape index (κ2) is 6.20. The molecular weight excluding hydrogens is 138 g/mol. The maximum Gasteiger partial charge on any atom is 0.216 e. The molecule has 0 bridgehead atoms. The van der Waals surface area contributed by atoms with Crippen LogP contribution in [0.15, 0.2) is 0 Å². The summed E-state index contributed by atoms with van der Waals surface area (Å²) in [4.78, 5) is 10.5. The molecule has 0 saturated carbocycles. The molecule has 1 atom stereocenters. The van der Waals surface area contributed by atoms with Crippen LogP contribution in [-0.2, 0) is 4.79 Å². The van der Waals surface area contributed by atoms with Gasteiger partial charge in [-0.2, -0.15) is 0 Å². The normalized spacial score (nSPS) is 12.6. The highest BCUT2D eigenvalue weighted by Gasteiger charge is 2.04. The maximum absolute atomic E-state index is 10.5. The van der Waals surface area contributed by atoms with Crippen molar-refractivity contribution in [3.05, 3.63) is 19.3 Å². The highest BCUT2D eigenvalue weighted by atomic mass is 16.1. The third-order valence-electron chi connectivity index (χ3n) is 1.45. The summed E-state index contributed by atoms with van der Waals surface area (Å²) >= 11 is 0. The zero-order valence-corrected chi connectivity index (χ0v) is 7.42. The number of amides is 1. The topological polar surface area (TPSA) is 29.1 Å². The Morgan fingerprint density at radius 1 is 1.55 bits per heavy atom. The molecule has 0 heterocycles. The van der Waals surface area contributed by atoms with Gasteiger partial charge in [0.25, 0.3) is 0 Å². The minimum absolute atomic E-state index is 0.0290. The van der Waals surface area contributed by atoms with Gasteiger partial charge in [0, 0.05) is 13.5 Å². The fourth-order valence-electron chi connectivity index (χ4n) is 0.806. The molecule has 1 unspecified atom stereocenters. The molecule has 0 aromatic heterocycles. The SMILES string of the molecule is C[CH][CH]C([CH]C)CNC(C)=O. The summed E-state index contributed by atoms with van der Waals surface area (Å²) in [6.07, 6.45) is 6.12. The van der Waals surface area contributed by atoms with Crippen LogP contribution >= 0.6 is 0 Å².